The minimum atomic E-state index is 0.142. The van der Waals surface area contributed by atoms with Gasteiger partial charge in [0.15, 0.2) is 11.0 Å². The predicted octanol–water partition coefficient (Wildman–Crippen LogP) is 6.99. The summed E-state index contributed by atoms with van der Waals surface area (Å²) in [7, 11) is 0. The number of benzene rings is 2. The van der Waals surface area contributed by atoms with Crippen LogP contribution in [-0.2, 0) is 17.7 Å². The molecule has 0 N–H and O–H groups in total. The standard InChI is InChI=1S/C25H28N4S2/c1-6-29-22(18-11-13-19(14-12-18)25(3,4)5)27-28-24(29)31-16-20-15-30-23(26-20)21-10-8-7-9-17(21)2/h7-15H,6,16H2,1-5H3. The Balaban J connectivity index is 1.51. The lowest BCUT2D eigenvalue weighted by atomic mass is 9.87. The zero-order valence-electron chi connectivity index (χ0n) is 18.7. The van der Waals surface area contributed by atoms with Crippen LogP contribution in [0.15, 0.2) is 59.1 Å². The molecule has 0 aliphatic heterocycles. The lowest BCUT2D eigenvalue weighted by molar-refractivity contribution is 0.590. The van der Waals surface area contributed by atoms with Crippen LogP contribution >= 0.6 is 23.1 Å². The molecule has 4 nitrogen and oxygen atoms in total. The summed E-state index contributed by atoms with van der Waals surface area (Å²) >= 11 is 3.39. The van der Waals surface area contributed by atoms with E-state index in [2.05, 4.69) is 103 Å². The first kappa shape index (κ1) is 21.8. The summed E-state index contributed by atoms with van der Waals surface area (Å²) in [5, 5.41) is 13.1. The number of rotatable bonds is 6. The highest BCUT2D eigenvalue weighted by Gasteiger charge is 2.17. The molecular weight excluding hydrogens is 420 g/mol. The molecule has 6 heteroatoms. The topological polar surface area (TPSA) is 43.6 Å². The first-order valence-electron chi connectivity index (χ1n) is 10.5. The van der Waals surface area contributed by atoms with E-state index in [4.69, 9.17) is 4.98 Å². The molecule has 0 bridgehead atoms. The van der Waals surface area contributed by atoms with Crippen molar-refractivity contribution >= 4 is 23.1 Å². The quantitative estimate of drug-likeness (QED) is 0.298. The Morgan fingerprint density at radius 3 is 2.42 bits per heavy atom. The molecule has 2 heterocycles. The van der Waals surface area contributed by atoms with Crippen molar-refractivity contribution in [3.05, 3.63) is 70.7 Å². The van der Waals surface area contributed by atoms with Crippen LogP contribution in [0.25, 0.3) is 22.0 Å². The van der Waals surface area contributed by atoms with Crippen LogP contribution in [0.5, 0.6) is 0 Å². The van der Waals surface area contributed by atoms with Crippen molar-refractivity contribution in [3.8, 4) is 22.0 Å². The van der Waals surface area contributed by atoms with Crippen LogP contribution in [0, 0.1) is 6.92 Å². The van der Waals surface area contributed by atoms with Gasteiger partial charge >= 0.3 is 0 Å². The molecule has 0 radical (unpaired) electrons. The van der Waals surface area contributed by atoms with Gasteiger partial charge < -0.3 is 4.57 Å². The average Bonchev–Trinajstić information content (AvgIpc) is 3.38. The molecule has 0 unspecified atom stereocenters. The van der Waals surface area contributed by atoms with E-state index in [9.17, 15) is 0 Å². The minimum absolute atomic E-state index is 0.142. The van der Waals surface area contributed by atoms with Crippen LogP contribution in [-0.4, -0.2) is 19.7 Å². The molecule has 0 atom stereocenters. The molecule has 2 aromatic heterocycles. The minimum Gasteiger partial charge on any atom is -0.302 e. The van der Waals surface area contributed by atoms with Gasteiger partial charge in [-0.15, -0.1) is 21.5 Å². The molecule has 4 rings (SSSR count). The average molecular weight is 449 g/mol. The summed E-state index contributed by atoms with van der Waals surface area (Å²) < 4.78 is 2.19. The summed E-state index contributed by atoms with van der Waals surface area (Å²) in [4.78, 5) is 4.85. The Morgan fingerprint density at radius 2 is 1.74 bits per heavy atom. The molecule has 0 spiro atoms. The third kappa shape index (κ3) is 4.75. The van der Waals surface area contributed by atoms with Crippen molar-refractivity contribution in [2.45, 2.75) is 57.5 Å². The second kappa shape index (κ2) is 8.97. The second-order valence-electron chi connectivity index (χ2n) is 8.63. The highest BCUT2D eigenvalue weighted by molar-refractivity contribution is 7.98. The van der Waals surface area contributed by atoms with E-state index in [1.807, 2.05) is 0 Å². The van der Waals surface area contributed by atoms with E-state index in [1.54, 1.807) is 23.1 Å². The molecule has 2 aromatic carbocycles. The number of aryl methyl sites for hydroxylation is 1. The number of thiazole rings is 1. The molecule has 31 heavy (non-hydrogen) atoms. The Labute approximate surface area is 192 Å². The Hall–Kier alpha value is -2.44. The maximum atomic E-state index is 4.85. The zero-order valence-corrected chi connectivity index (χ0v) is 20.3. The van der Waals surface area contributed by atoms with Crippen LogP contribution in [0.4, 0.5) is 0 Å². The second-order valence-corrected chi connectivity index (χ2v) is 10.4. The molecule has 0 aliphatic rings. The molecule has 0 aliphatic carbocycles. The Kier molecular flexibility index (Phi) is 6.30. The van der Waals surface area contributed by atoms with Gasteiger partial charge in [0, 0.05) is 28.8 Å². The first-order valence-corrected chi connectivity index (χ1v) is 12.4. The molecule has 0 fully saturated rings. The van der Waals surface area contributed by atoms with E-state index in [0.717, 1.165) is 39.5 Å². The van der Waals surface area contributed by atoms with Gasteiger partial charge in [0.2, 0.25) is 0 Å². The maximum Gasteiger partial charge on any atom is 0.191 e. The Bertz CT molecular complexity index is 1170. The van der Waals surface area contributed by atoms with Gasteiger partial charge in [-0.1, -0.05) is 81.1 Å². The van der Waals surface area contributed by atoms with E-state index in [1.165, 1.54) is 16.7 Å². The van der Waals surface area contributed by atoms with Gasteiger partial charge in [0.05, 0.1) is 5.69 Å². The maximum absolute atomic E-state index is 4.85. The fourth-order valence-electron chi connectivity index (χ4n) is 3.46. The molecule has 160 valence electrons. The van der Waals surface area contributed by atoms with Gasteiger partial charge in [-0.2, -0.15) is 0 Å². The molecule has 0 amide bonds. The van der Waals surface area contributed by atoms with Crippen molar-refractivity contribution in [2.75, 3.05) is 0 Å². The molecular formula is C25H28N4S2. The van der Waals surface area contributed by atoms with E-state index < -0.39 is 0 Å². The van der Waals surface area contributed by atoms with Crippen molar-refractivity contribution in [3.63, 3.8) is 0 Å². The van der Waals surface area contributed by atoms with Gasteiger partial charge in [-0.25, -0.2) is 4.98 Å². The van der Waals surface area contributed by atoms with Gasteiger partial charge in [0.1, 0.15) is 5.01 Å². The van der Waals surface area contributed by atoms with Crippen LogP contribution in [0.3, 0.4) is 0 Å². The predicted molar refractivity (Wildman–Crippen MR) is 132 cm³/mol. The number of thioether (sulfide) groups is 1. The van der Waals surface area contributed by atoms with Crippen molar-refractivity contribution in [2.24, 2.45) is 0 Å². The summed E-state index contributed by atoms with van der Waals surface area (Å²) in [5.41, 5.74) is 6.11. The highest BCUT2D eigenvalue weighted by atomic mass is 32.2. The molecule has 0 saturated heterocycles. The number of aromatic nitrogens is 4. The van der Waals surface area contributed by atoms with E-state index >= 15 is 0 Å². The number of hydrogen-bond acceptors (Lipinski definition) is 5. The summed E-state index contributed by atoms with van der Waals surface area (Å²) in [6.45, 7) is 11.8. The van der Waals surface area contributed by atoms with Crippen LogP contribution in [0.2, 0.25) is 0 Å². The van der Waals surface area contributed by atoms with Crippen LogP contribution in [0.1, 0.15) is 44.5 Å². The van der Waals surface area contributed by atoms with E-state index in [-0.39, 0.29) is 5.41 Å². The van der Waals surface area contributed by atoms with Crippen molar-refractivity contribution in [1.29, 1.82) is 0 Å². The van der Waals surface area contributed by atoms with Crippen molar-refractivity contribution < 1.29 is 0 Å². The summed E-state index contributed by atoms with van der Waals surface area (Å²) in [5.74, 6) is 1.70. The SMILES string of the molecule is CCn1c(SCc2csc(-c3ccccc3C)n2)nnc1-c1ccc(C(C)(C)C)cc1. The normalized spacial score (nSPS) is 11.8. The highest BCUT2D eigenvalue weighted by Crippen LogP contribution is 2.31. The van der Waals surface area contributed by atoms with E-state index in [0.29, 0.717) is 0 Å². The summed E-state index contributed by atoms with van der Waals surface area (Å²) in [6, 6.07) is 17.1. The smallest absolute Gasteiger partial charge is 0.191 e. The largest absolute Gasteiger partial charge is 0.302 e. The molecule has 0 saturated carbocycles. The van der Waals surface area contributed by atoms with Gasteiger partial charge in [-0.3, -0.25) is 0 Å². The third-order valence-electron chi connectivity index (χ3n) is 5.32. The zero-order chi connectivity index (χ0) is 22.0. The molecule has 4 aromatic rings. The number of hydrogen-bond donors (Lipinski definition) is 0. The fourth-order valence-corrected chi connectivity index (χ4v) is 5.37. The van der Waals surface area contributed by atoms with Gasteiger partial charge in [-0.05, 0) is 30.4 Å². The Morgan fingerprint density at radius 1 is 1.00 bits per heavy atom. The lowest BCUT2D eigenvalue weighted by Gasteiger charge is -2.19. The van der Waals surface area contributed by atoms with Crippen LogP contribution < -0.4 is 0 Å². The van der Waals surface area contributed by atoms with Gasteiger partial charge in [0.25, 0.3) is 0 Å². The first-order chi connectivity index (χ1) is 14.9. The lowest BCUT2D eigenvalue weighted by Crippen LogP contribution is -2.10. The summed E-state index contributed by atoms with van der Waals surface area (Å²) in [6.07, 6.45) is 0. The fraction of sp³-hybridized carbons (Fsp3) is 0.320. The monoisotopic (exact) mass is 448 g/mol. The number of nitrogens with zero attached hydrogens (tertiary/aromatic N) is 4. The third-order valence-corrected chi connectivity index (χ3v) is 7.24. The van der Waals surface area contributed by atoms with Crippen molar-refractivity contribution in [1.82, 2.24) is 19.7 Å².